The van der Waals surface area contributed by atoms with E-state index in [1.807, 2.05) is 0 Å². The summed E-state index contributed by atoms with van der Waals surface area (Å²) in [4.78, 5) is 23.5. The number of carbonyl (C=O) groups is 2. The molecule has 0 saturated carbocycles. The second-order valence-electron chi connectivity index (χ2n) is 5.11. The number of amides is 2. The fraction of sp³-hybridized carbons (Fsp3) is 0.222. The molecule has 0 atom stereocenters. The second-order valence-corrected chi connectivity index (χ2v) is 5.11. The van der Waals surface area contributed by atoms with Crippen molar-refractivity contribution in [3.05, 3.63) is 53.8 Å². The number of carbonyl (C=O) groups excluding carboxylic acids is 2. The molecule has 0 saturated heterocycles. The van der Waals surface area contributed by atoms with Crippen LogP contribution < -0.4 is 15.4 Å². The summed E-state index contributed by atoms with van der Waals surface area (Å²) in [6.45, 7) is 3.52. The average Bonchev–Trinajstić information content (AvgIpc) is 2.58. The van der Waals surface area contributed by atoms with E-state index >= 15 is 0 Å². The van der Waals surface area contributed by atoms with E-state index in [9.17, 15) is 14.0 Å². The summed E-state index contributed by atoms with van der Waals surface area (Å²) in [5, 5.41) is 5.32. The Hall–Kier alpha value is -3.09. The number of anilines is 2. The fourth-order valence-electron chi connectivity index (χ4n) is 2.05. The highest BCUT2D eigenvalue weighted by molar-refractivity contribution is 5.95. The van der Waals surface area contributed by atoms with Gasteiger partial charge in [0.15, 0.2) is 6.61 Å². The summed E-state index contributed by atoms with van der Waals surface area (Å²) < 4.78 is 22.9. The van der Waals surface area contributed by atoms with E-state index in [0.717, 1.165) is 0 Å². The van der Waals surface area contributed by atoms with Crippen molar-refractivity contribution in [3.63, 3.8) is 0 Å². The zero-order chi connectivity index (χ0) is 18.2. The van der Waals surface area contributed by atoms with Crippen LogP contribution in [-0.4, -0.2) is 25.2 Å². The second kappa shape index (κ2) is 8.68. The third kappa shape index (κ3) is 5.49. The van der Waals surface area contributed by atoms with Crippen molar-refractivity contribution in [2.75, 3.05) is 23.8 Å². The van der Waals surface area contributed by atoms with Crippen LogP contribution in [0.1, 0.15) is 12.5 Å². The molecule has 0 fully saturated rings. The Bertz CT molecular complexity index is 747. The molecule has 7 heteroatoms. The first kappa shape index (κ1) is 18.3. The smallest absolute Gasteiger partial charge is 0.411 e. The number of nitrogens with one attached hydrogen (secondary N) is 2. The van der Waals surface area contributed by atoms with Crippen LogP contribution in [0.25, 0.3) is 0 Å². The van der Waals surface area contributed by atoms with Gasteiger partial charge in [-0.05, 0) is 55.8 Å². The minimum Gasteiger partial charge on any atom is -0.484 e. The lowest BCUT2D eigenvalue weighted by Crippen LogP contribution is -2.21. The van der Waals surface area contributed by atoms with E-state index in [2.05, 4.69) is 10.6 Å². The number of halogens is 1. The lowest BCUT2D eigenvalue weighted by atomic mass is 10.1. The molecule has 0 aliphatic heterocycles. The SMILES string of the molecule is CCOC(=O)Nc1cccc(NC(=O)COc2ccc(F)cc2)c1C. The largest absolute Gasteiger partial charge is 0.484 e. The van der Waals surface area contributed by atoms with Crippen LogP contribution in [0, 0.1) is 12.7 Å². The highest BCUT2D eigenvalue weighted by atomic mass is 19.1. The highest BCUT2D eigenvalue weighted by Gasteiger charge is 2.11. The van der Waals surface area contributed by atoms with Crippen molar-refractivity contribution in [1.29, 1.82) is 0 Å². The average molecular weight is 346 g/mol. The number of benzene rings is 2. The zero-order valence-electron chi connectivity index (χ0n) is 14.0. The predicted octanol–water partition coefficient (Wildman–Crippen LogP) is 3.72. The summed E-state index contributed by atoms with van der Waals surface area (Å²) in [5.41, 5.74) is 1.77. The van der Waals surface area contributed by atoms with Crippen LogP contribution in [0.4, 0.5) is 20.6 Å². The molecule has 2 amide bonds. The summed E-state index contributed by atoms with van der Waals surface area (Å²) in [7, 11) is 0. The summed E-state index contributed by atoms with van der Waals surface area (Å²) >= 11 is 0. The van der Waals surface area contributed by atoms with Gasteiger partial charge in [-0.2, -0.15) is 0 Å². The molecule has 0 aliphatic rings. The molecular weight excluding hydrogens is 327 g/mol. The van der Waals surface area contributed by atoms with Crippen molar-refractivity contribution < 1.29 is 23.5 Å². The van der Waals surface area contributed by atoms with Crippen molar-refractivity contribution in [2.24, 2.45) is 0 Å². The van der Waals surface area contributed by atoms with Gasteiger partial charge in [-0.1, -0.05) is 6.07 Å². The van der Waals surface area contributed by atoms with Gasteiger partial charge in [0.05, 0.1) is 6.61 Å². The highest BCUT2D eigenvalue weighted by Crippen LogP contribution is 2.23. The van der Waals surface area contributed by atoms with E-state index in [1.54, 1.807) is 32.0 Å². The molecule has 6 nitrogen and oxygen atoms in total. The van der Waals surface area contributed by atoms with Crippen LogP contribution >= 0.6 is 0 Å². The van der Waals surface area contributed by atoms with Crippen molar-refractivity contribution in [2.45, 2.75) is 13.8 Å². The third-order valence-corrected chi connectivity index (χ3v) is 3.30. The first-order valence-electron chi connectivity index (χ1n) is 7.71. The molecule has 2 rings (SSSR count). The van der Waals surface area contributed by atoms with E-state index in [0.29, 0.717) is 22.7 Å². The quantitative estimate of drug-likeness (QED) is 0.836. The first-order chi connectivity index (χ1) is 12.0. The molecule has 25 heavy (non-hydrogen) atoms. The molecule has 0 radical (unpaired) electrons. The summed E-state index contributed by atoms with van der Waals surface area (Å²) in [5.74, 6) is -0.356. The van der Waals surface area contributed by atoms with Gasteiger partial charge in [0, 0.05) is 11.4 Å². The van der Waals surface area contributed by atoms with E-state index in [1.165, 1.54) is 24.3 Å². The predicted molar refractivity (Wildman–Crippen MR) is 92.3 cm³/mol. The van der Waals surface area contributed by atoms with Gasteiger partial charge in [0.1, 0.15) is 11.6 Å². The maximum atomic E-state index is 12.8. The Labute approximate surface area is 144 Å². The Morgan fingerprint density at radius 2 is 1.68 bits per heavy atom. The maximum absolute atomic E-state index is 12.8. The normalized spacial score (nSPS) is 10.0. The molecule has 2 aromatic carbocycles. The van der Waals surface area contributed by atoms with Crippen molar-refractivity contribution in [3.8, 4) is 5.75 Å². The standard InChI is InChI=1S/C18H19FN2O4/c1-3-24-18(23)21-16-6-4-5-15(12(16)2)20-17(22)11-25-14-9-7-13(19)8-10-14/h4-10H,3,11H2,1-2H3,(H,20,22)(H,21,23). The zero-order valence-corrected chi connectivity index (χ0v) is 14.0. The lowest BCUT2D eigenvalue weighted by molar-refractivity contribution is -0.118. The van der Waals surface area contributed by atoms with Gasteiger partial charge in [0.25, 0.3) is 5.91 Å². The molecule has 0 spiro atoms. The topological polar surface area (TPSA) is 76.7 Å². The molecule has 2 aromatic rings. The summed E-state index contributed by atoms with van der Waals surface area (Å²) in [6.07, 6.45) is -0.561. The third-order valence-electron chi connectivity index (χ3n) is 3.30. The van der Waals surface area contributed by atoms with Crippen LogP contribution in [-0.2, 0) is 9.53 Å². The number of rotatable bonds is 6. The van der Waals surface area contributed by atoms with Crippen LogP contribution in [0.3, 0.4) is 0 Å². The molecule has 0 bridgehead atoms. The van der Waals surface area contributed by atoms with Crippen LogP contribution in [0.2, 0.25) is 0 Å². The molecule has 0 aliphatic carbocycles. The first-order valence-corrected chi connectivity index (χ1v) is 7.71. The molecule has 132 valence electrons. The monoisotopic (exact) mass is 346 g/mol. The van der Waals surface area contributed by atoms with E-state index in [-0.39, 0.29) is 24.9 Å². The Balaban J connectivity index is 1.95. The van der Waals surface area contributed by atoms with Gasteiger partial charge in [0.2, 0.25) is 0 Å². The Morgan fingerprint density at radius 1 is 1.04 bits per heavy atom. The molecule has 0 unspecified atom stereocenters. The minimum atomic E-state index is -0.561. The molecule has 0 heterocycles. The molecule has 2 N–H and O–H groups in total. The van der Waals surface area contributed by atoms with Gasteiger partial charge in [-0.15, -0.1) is 0 Å². The number of ether oxygens (including phenoxy) is 2. The van der Waals surface area contributed by atoms with E-state index < -0.39 is 6.09 Å². The van der Waals surface area contributed by atoms with E-state index in [4.69, 9.17) is 9.47 Å². The van der Waals surface area contributed by atoms with Gasteiger partial charge >= 0.3 is 6.09 Å². The van der Waals surface area contributed by atoms with Gasteiger partial charge in [-0.25, -0.2) is 9.18 Å². The molecule has 0 aromatic heterocycles. The lowest BCUT2D eigenvalue weighted by Gasteiger charge is -2.13. The molecular formula is C18H19FN2O4. The van der Waals surface area contributed by atoms with Gasteiger partial charge < -0.3 is 14.8 Å². The maximum Gasteiger partial charge on any atom is 0.411 e. The fourth-order valence-corrected chi connectivity index (χ4v) is 2.05. The minimum absolute atomic E-state index is 0.222. The number of hydrogen-bond donors (Lipinski definition) is 2. The van der Waals surface area contributed by atoms with Crippen LogP contribution in [0.15, 0.2) is 42.5 Å². The van der Waals surface area contributed by atoms with Crippen molar-refractivity contribution >= 4 is 23.4 Å². The Morgan fingerprint density at radius 3 is 2.32 bits per heavy atom. The Kier molecular flexibility index (Phi) is 6.33. The van der Waals surface area contributed by atoms with Gasteiger partial charge in [-0.3, -0.25) is 10.1 Å². The summed E-state index contributed by atoms with van der Waals surface area (Å²) in [6, 6.07) is 10.5. The van der Waals surface area contributed by atoms with Crippen molar-refractivity contribution in [1.82, 2.24) is 0 Å². The number of hydrogen-bond acceptors (Lipinski definition) is 4. The van der Waals surface area contributed by atoms with Crippen LogP contribution in [0.5, 0.6) is 5.75 Å².